The summed E-state index contributed by atoms with van der Waals surface area (Å²) in [4.78, 5) is 3.46. The van der Waals surface area contributed by atoms with Gasteiger partial charge in [-0.25, -0.2) is 0 Å². The summed E-state index contributed by atoms with van der Waals surface area (Å²) in [5, 5.41) is 2.17. The Morgan fingerprint density at radius 1 is 0.862 bits per heavy atom. The molecule has 1 N–H and O–H groups in total. The lowest BCUT2D eigenvalue weighted by molar-refractivity contribution is -0.676. The first-order valence-corrected chi connectivity index (χ1v) is 9.13. The number of hydrogen-bond acceptors (Lipinski definition) is 1. The maximum Gasteiger partial charge on any atom is 0.416 e. The molecule has 0 unspecified atom stereocenters. The molecule has 0 fully saturated rings. The molecule has 3 nitrogen and oxygen atoms in total. The van der Waals surface area contributed by atoms with Gasteiger partial charge in [0.05, 0.1) is 11.8 Å². The molecule has 144 valence electrons. The highest BCUT2D eigenvalue weighted by molar-refractivity contribution is 6.09. The summed E-state index contributed by atoms with van der Waals surface area (Å²) >= 11 is 0. The highest BCUT2D eigenvalue weighted by atomic mass is 19.4. The lowest BCUT2D eigenvalue weighted by atomic mass is 10.1. The molecule has 0 aliphatic heterocycles. The van der Waals surface area contributed by atoms with Crippen molar-refractivity contribution in [2.45, 2.75) is 12.7 Å². The zero-order valence-electron chi connectivity index (χ0n) is 15.2. The van der Waals surface area contributed by atoms with Crippen LogP contribution in [0.25, 0.3) is 33.3 Å². The number of alkyl halides is 3. The molecule has 0 radical (unpaired) electrons. The Labute approximate surface area is 164 Å². The third kappa shape index (κ3) is 3.06. The summed E-state index contributed by atoms with van der Waals surface area (Å²) in [6, 6.07) is 19.0. The molecule has 0 amide bonds. The minimum absolute atomic E-state index is 0.416. The van der Waals surface area contributed by atoms with Crippen molar-refractivity contribution in [1.82, 2.24) is 4.98 Å². The summed E-state index contributed by atoms with van der Waals surface area (Å²) in [7, 11) is 0. The van der Waals surface area contributed by atoms with E-state index in [-0.39, 0.29) is 0 Å². The standard InChI is InChI=1S/C23H15F3N2O/c24-23(25,26)16-9-7-15(8-10-16)14-28-12-11-18-17-4-1-2-5-19(17)27-21(18)22(28)20-6-3-13-29-20/h1-13H,14H2/p+1. The predicted molar refractivity (Wildman–Crippen MR) is 104 cm³/mol. The molecule has 29 heavy (non-hydrogen) atoms. The molecular weight excluding hydrogens is 377 g/mol. The number of nitrogens with zero attached hydrogens (tertiary/aromatic N) is 1. The Balaban J connectivity index is 1.65. The Hall–Kier alpha value is -3.54. The minimum atomic E-state index is -4.34. The Bertz CT molecular complexity index is 1300. The van der Waals surface area contributed by atoms with Gasteiger partial charge in [0.1, 0.15) is 5.52 Å². The molecule has 6 heteroatoms. The Morgan fingerprint density at radius 2 is 1.66 bits per heavy atom. The van der Waals surface area contributed by atoms with Crippen LogP contribution in [0.3, 0.4) is 0 Å². The maximum atomic E-state index is 12.9. The van der Waals surface area contributed by atoms with Crippen molar-refractivity contribution in [1.29, 1.82) is 0 Å². The fourth-order valence-corrected chi connectivity index (χ4v) is 3.71. The van der Waals surface area contributed by atoms with Crippen molar-refractivity contribution < 1.29 is 22.2 Å². The molecule has 0 aliphatic carbocycles. The number of halogens is 3. The van der Waals surface area contributed by atoms with Crippen molar-refractivity contribution in [3.05, 3.63) is 90.3 Å². The van der Waals surface area contributed by atoms with Crippen LogP contribution in [0.1, 0.15) is 11.1 Å². The number of aromatic amines is 1. The van der Waals surface area contributed by atoms with E-state index in [1.165, 1.54) is 12.1 Å². The van der Waals surface area contributed by atoms with Crippen LogP contribution < -0.4 is 4.57 Å². The second-order valence-corrected chi connectivity index (χ2v) is 6.92. The first kappa shape index (κ1) is 17.6. The van der Waals surface area contributed by atoms with Gasteiger partial charge in [-0.1, -0.05) is 30.3 Å². The van der Waals surface area contributed by atoms with E-state index in [9.17, 15) is 13.2 Å². The van der Waals surface area contributed by atoms with Crippen LogP contribution in [0.4, 0.5) is 13.2 Å². The molecule has 3 aromatic heterocycles. The van der Waals surface area contributed by atoms with E-state index < -0.39 is 11.7 Å². The van der Waals surface area contributed by atoms with E-state index in [1.807, 2.05) is 47.2 Å². The highest BCUT2D eigenvalue weighted by Crippen LogP contribution is 2.32. The fourth-order valence-electron chi connectivity index (χ4n) is 3.71. The van der Waals surface area contributed by atoms with Crippen LogP contribution in [0.2, 0.25) is 0 Å². The van der Waals surface area contributed by atoms with Crippen molar-refractivity contribution >= 4 is 21.8 Å². The average molecular weight is 393 g/mol. The molecule has 5 aromatic rings. The Morgan fingerprint density at radius 3 is 2.38 bits per heavy atom. The smallest absolute Gasteiger partial charge is 0.416 e. The van der Waals surface area contributed by atoms with Crippen LogP contribution in [-0.2, 0) is 12.7 Å². The van der Waals surface area contributed by atoms with Gasteiger partial charge < -0.3 is 9.40 Å². The third-order valence-electron chi connectivity index (χ3n) is 5.08. The molecule has 0 spiro atoms. The van der Waals surface area contributed by atoms with Gasteiger partial charge in [-0.15, -0.1) is 0 Å². The molecule has 5 rings (SSSR count). The number of benzene rings is 2. The monoisotopic (exact) mass is 393 g/mol. The second kappa shape index (κ2) is 6.51. The van der Waals surface area contributed by atoms with Gasteiger partial charge in [-0.3, -0.25) is 0 Å². The molecule has 0 saturated heterocycles. The molecule has 0 atom stereocenters. The maximum absolute atomic E-state index is 12.9. The predicted octanol–water partition coefficient (Wildman–Crippen LogP) is 5.94. The number of aromatic nitrogens is 2. The summed E-state index contributed by atoms with van der Waals surface area (Å²) < 4.78 is 46.2. The number of rotatable bonds is 3. The summed E-state index contributed by atoms with van der Waals surface area (Å²) in [6.45, 7) is 0.416. The van der Waals surface area contributed by atoms with E-state index in [0.29, 0.717) is 12.3 Å². The number of para-hydroxylation sites is 1. The molecule has 2 aromatic carbocycles. The minimum Gasteiger partial charge on any atom is -0.458 e. The van der Waals surface area contributed by atoms with Crippen molar-refractivity contribution in [2.24, 2.45) is 0 Å². The van der Waals surface area contributed by atoms with Gasteiger partial charge in [-0.2, -0.15) is 17.7 Å². The first-order chi connectivity index (χ1) is 14.0. The normalized spacial score (nSPS) is 12.1. The lowest BCUT2D eigenvalue weighted by Crippen LogP contribution is -2.36. The first-order valence-electron chi connectivity index (χ1n) is 9.13. The van der Waals surface area contributed by atoms with E-state index >= 15 is 0 Å². The molecule has 0 saturated carbocycles. The van der Waals surface area contributed by atoms with Crippen LogP contribution in [-0.4, -0.2) is 4.98 Å². The zero-order chi connectivity index (χ0) is 20.0. The molecule has 0 bridgehead atoms. The molecule has 0 aliphatic rings. The SMILES string of the molecule is FC(F)(F)c1ccc(C[n+]2ccc3c([nH]c4ccccc43)c2-c2ccco2)cc1. The van der Waals surface area contributed by atoms with Crippen molar-refractivity contribution in [2.75, 3.05) is 0 Å². The van der Waals surface area contributed by atoms with Gasteiger partial charge >= 0.3 is 6.18 Å². The lowest BCUT2D eigenvalue weighted by Gasteiger charge is -2.07. The van der Waals surface area contributed by atoms with Gasteiger partial charge in [0.25, 0.3) is 5.69 Å². The van der Waals surface area contributed by atoms with E-state index in [4.69, 9.17) is 4.42 Å². The van der Waals surface area contributed by atoms with Crippen molar-refractivity contribution in [3.8, 4) is 11.5 Å². The topological polar surface area (TPSA) is 32.8 Å². The van der Waals surface area contributed by atoms with E-state index in [0.717, 1.165) is 45.2 Å². The molecule has 3 heterocycles. The summed E-state index contributed by atoms with van der Waals surface area (Å²) in [5.41, 5.74) is 2.91. The van der Waals surface area contributed by atoms with Crippen LogP contribution in [0, 0.1) is 0 Å². The van der Waals surface area contributed by atoms with Crippen LogP contribution in [0.15, 0.2) is 83.6 Å². The van der Waals surface area contributed by atoms with Gasteiger partial charge in [0, 0.05) is 27.9 Å². The summed E-state index contributed by atoms with van der Waals surface area (Å²) in [5.74, 6) is 0.689. The van der Waals surface area contributed by atoms with Crippen LogP contribution in [0.5, 0.6) is 0 Å². The van der Waals surface area contributed by atoms with Gasteiger partial charge in [-0.05, 0) is 30.3 Å². The second-order valence-electron chi connectivity index (χ2n) is 6.92. The zero-order valence-corrected chi connectivity index (χ0v) is 15.2. The number of H-pyrrole nitrogens is 1. The third-order valence-corrected chi connectivity index (χ3v) is 5.08. The van der Waals surface area contributed by atoms with E-state index in [1.54, 1.807) is 6.26 Å². The van der Waals surface area contributed by atoms with Crippen LogP contribution >= 0.6 is 0 Å². The highest BCUT2D eigenvalue weighted by Gasteiger charge is 2.30. The summed E-state index contributed by atoms with van der Waals surface area (Å²) in [6.07, 6.45) is -0.786. The number of nitrogens with one attached hydrogen (secondary N) is 1. The van der Waals surface area contributed by atoms with Crippen molar-refractivity contribution in [3.63, 3.8) is 0 Å². The molecular formula is C23H16F3N2O+. The van der Waals surface area contributed by atoms with Gasteiger partial charge in [0.15, 0.2) is 18.5 Å². The number of furan rings is 1. The van der Waals surface area contributed by atoms with Gasteiger partial charge in [0.2, 0.25) is 0 Å². The average Bonchev–Trinajstić information content (AvgIpc) is 3.35. The number of fused-ring (bicyclic) bond motifs is 3. The van der Waals surface area contributed by atoms with E-state index in [2.05, 4.69) is 11.1 Å². The Kier molecular flexibility index (Phi) is 3.94. The fraction of sp³-hybridized carbons (Fsp3) is 0.0870. The number of hydrogen-bond donors (Lipinski definition) is 1. The largest absolute Gasteiger partial charge is 0.458 e. The number of pyridine rings is 1. The quantitative estimate of drug-likeness (QED) is 0.378.